The Morgan fingerprint density at radius 3 is 2.20 bits per heavy atom. The van der Waals surface area contributed by atoms with Crippen LogP contribution >= 0.6 is 22.6 Å². The highest BCUT2D eigenvalue weighted by molar-refractivity contribution is 14.1. The van der Waals surface area contributed by atoms with Crippen LogP contribution < -0.4 is 5.32 Å². The highest BCUT2D eigenvalue weighted by Gasteiger charge is 2.29. The number of carbonyl (C=O) groups excluding carboxylic acids is 2. The highest BCUT2D eigenvalue weighted by Crippen LogP contribution is 2.21. The Labute approximate surface area is 162 Å². The van der Waals surface area contributed by atoms with Crippen LogP contribution in [0.25, 0.3) is 0 Å². The summed E-state index contributed by atoms with van der Waals surface area (Å²) in [5, 5.41) is 12.2. The molecule has 25 heavy (non-hydrogen) atoms. The number of carbonyl (C=O) groups is 2. The van der Waals surface area contributed by atoms with Gasteiger partial charge >= 0.3 is 12.1 Å². The SMILES string of the molecule is CC(C)(C)OC(=O)N[C@@H](Cc1cc(O)ccc1I)C(=O)OC(C)(C)C. The van der Waals surface area contributed by atoms with E-state index in [1.54, 1.807) is 59.7 Å². The fraction of sp³-hybridized carbons (Fsp3) is 0.556. The molecular weight excluding hydrogens is 437 g/mol. The van der Waals surface area contributed by atoms with Crippen molar-refractivity contribution in [2.24, 2.45) is 0 Å². The number of alkyl carbamates (subject to hydrolysis) is 1. The molecule has 0 aliphatic heterocycles. The second-order valence-corrected chi connectivity index (χ2v) is 8.87. The average molecular weight is 463 g/mol. The quantitative estimate of drug-likeness (QED) is 0.525. The van der Waals surface area contributed by atoms with Crippen molar-refractivity contribution in [3.8, 4) is 5.75 Å². The molecule has 0 unspecified atom stereocenters. The summed E-state index contributed by atoms with van der Waals surface area (Å²) in [4.78, 5) is 24.6. The lowest BCUT2D eigenvalue weighted by molar-refractivity contribution is -0.157. The fourth-order valence-corrected chi connectivity index (χ4v) is 2.51. The van der Waals surface area contributed by atoms with Gasteiger partial charge in [0, 0.05) is 9.99 Å². The Balaban J connectivity index is 3.00. The van der Waals surface area contributed by atoms with Gasteiger partial charge in [0.2, 0.25) is 0 Å². The summed E-state index contributed by atoms with van der Waals surface area (Å²) in [6, 6.07) is 3.94. The molecule has 0 aromatic heterocycles. The number of ether oxygens (including phenoxy) is 2. The van der Waals surface area contributed by atoms with Gasteiger partial charge < -0.3 is 19.9 Å². The molecule has 0 heterocycles. The van der Waals surface area contributed by atoms with Gasteiger partial charge in [-0.2, -0.15) is 0 Å². The summed E-state index contributed by atoms with van der Waals surface area (Å²) < 4.78 is 11.5. The maximum absolute atomic E-state index is 12.5. The number of amides is 1. The van der Waals surface area contributed by atoms with Crippen LogP contribution in [0, 0.1) is 3.57 Å². The Morgan fingerprint density at radius 1 is 1.12 bits per heavy atom. The Morgan fingerprint density at radius 2 is 1.68 bits per heavy atom. The van der Waals surface area contributed by atoms with E-state index in [0.717, 1.165) is 9.13 Å². The summed E-state index contributed by atoms with van der Waals surface area (Å²) in [6.45, 7) is 10.5. The van der Waals surface area contributed by atoms with Gasteiger partial charge in [-0.05, 0) is 87.9 Å². The summed E-state index contributed by atoms with van der Waals surface area (Å²) in [6.07, 6.45) is -0.514. The van der Waals surface area contributed by atoms with Crippen molar-refractivity contribution in [2.75, 3.05) is 0 Å². The number of hydrogen-bond acceptors (Lipinski definition) is 5. The standard InChI is InChI=1S/C18H26INO5/c1-17(2,3)24-15(22)14(20-16(23)25-18(4,5)6)10-11-9-12(21)7-8-13(11)19/h7-9,14,21H,10H2,1-6H3,(H,20,23)/t14-/m0/s1. The fourth-order valence-electron chi connectivity index (χ4n) is 1.95. The lowest BCUT2D eigenvalue weighted by Crippen LogP contribution is -2.47. The van der Waals surface area contributed by atoms with E-state index < -0.39 is 29.3 Å². The van der Waals surface area contributed by atoms with Crippen molar-refractivity contribution in [3.05, 3.63) is 27.3 Å². The van der Waals surface area contributed by atoms with E-state index >= 15 is 0 Å². The van der Waals surface area contributed by atoms with Crippen molar-refractivity contribution < 1.29 is 24.2 Å². The summed E-state index contributed by atoms with van der Waals surface area (Å²) in [5.41, 5.74) is -0.633. The Hall–Kier alpha value is -1.51. The van der Waals surface area contributed by atoms with Crippen LogP contribution in [0.4, 0.5) is 4.79 Å². The van der Waals surface area contributed by atoms with E-state index in [2.05, 4.69) is 27.9 Å². The second-order valence-electron chi connectivity index (χ2n) is 7.71. The number of rotatable bonds is 4. The van der Waals surface area contributed by atoms with Crippen LogP contribution in [0.5, 0.6) is 5.75 Å². The number of nitrogens with one attached hydrogen (secondary N) is 1. The van der Waals surface area contributed by atoms with Crippen LogP contribution in [0.15, 0.2) is 18.2 Å². The van der Waals surface area contributed by atoms with Gasteiger partial charge in [0.1, 0.15) is 23.0 Å². The van der Waals surface area contributed by atoms with E-state index in [-0.39, 0.29) is 12.2 Å². The monoisotopic (exact) mass is 463 g/mol. The zero-order valence-corrected chi connectivity index (χ0v) is 17.6. The second kappa shape index (κ2) is 8.25. The van der Waals surface area contributed by atoms with Crippen LogP contribution in [0.1, 0.15) is 47.1 Å². The summed E-state index contributed by atoms with van der Waals surface area (Å²) >= 11 is 2.11. The zero-order chi connectivity index (χ0) is 19.4. The minimum atomic E-state index is -0.926. The number of benzene rings is 1. The molecule has 1 aromatic rings. The molecule has 0 aliphatic carbocycles. The van der Waals surface area contributed by atoms with Gasteiger partial charge in [0.15, 0.2) is 0 Å². The van der Waals surface area contributed by atoms with Crippen molar-refractivity contribution in [3.63, 3.8) is 0 Å². The lowest BCUT2D eigenvalue weighted by atomic mass is 10.1. The molecule has 0 bridgehead atoms. The smallest absolute Gasteiger partial charge is 0.408 e. The first-order valence-electron chi connectivity index (χ1n) is 7.96. The molecule has 0 spiro atoms. The molecule has 2 N–H and O–H groups in total. The number of esters is 1. The van der Waals surface area contributed by atoms with Crippen LogP contribution in [0.2, 0.25) is 0 Å². The third-order valence-corrected chi connectivity index (χ3v) is 3.89. The predicted molar refractivity (Wildman–Crippen MR) is 104 cm³/mol. The molecule has 1 amide bonds. The molecular formula is C18H26INO5. The lowest BCUT2D eigenvalue weighted by Gasteiger charge is -2.26. The minimum Gasteiger partial charge on any atom is -0.508 e. The molecule has 0 saturated heterocycles. The van der Waals surface area contributed by atoms with Crippen molar-refractivity contribution in [1.82, 2.24) is 5.32 Å². The van der Waals surface area contributed by atoms with Crippen LogP contribution in [-0.2, 0) is 20.7 Å². The zero-order valence-electron chi connectivity index (χ0n) is 15.5. The van der Waals surface area contributed by atoms with Gasteiger partial charge in [0.25, 0.3) is 0 Å². The van der Waals surface area contributed by atoms with E-state index in [1.165, 1.54) is 0 Å². The van der Waals surface area contributed by atoms with Gasteiger partial charge in [-0.15, -0.1) is 0 Å². The molecule has 1 aromatic carbocycles. The maximum atomic E-state index is 12.5. The summed E-state index contributed by atoms with van der Waals surface area (Å²) in [7, 11) is 0. The molecule has 7 heteroatoms. The van der Waals surface area contributed by atoms with Crippen LogP contribution in [0.3, 0.4) is 0 Å². The highest BCUT2D eigenvalue weighted by atomic mass is 127. The minimum absolute atomic E-state index is 0.0932. The van der Waals surface area contributed by atoms with Crippen molar-refractivity contribution in [1.29, 1.82) is 0 Å². The molecule has 0 aliphatic rings. The Kier molecular flexibility index (Phi) is 7.10. The molecule has 6 nitrogen and oxygen atoms in total. The number of hydrogen-bond donors (Lipinski definition) is 2. The van der Waals surface area contributed by atoms with Gasteiger partial charge in [-0.3, -0.25) is 0 Å². The Bertz CT molecular complexity index is 631. The van der Waals surface area contributed by atoms with E-state index in [1.807, 2.05) is 0 Å². The number of phenolic OH excluding ortho intramolecular Hbond substituents is 1. The first-order valence-corrected chi connectivity index (χ1v) is 9.04. The molecule has 1 atom stereocenters. The normalized spacial score (nSPS) is 13.1. The number of aromatic hydroxyl groups is 1. The van der Waals surface area contributed by atoms with E-state index in [0.29, 0.717) is 0 Å². The third-order valence-electron chi connectivity index (χ3n) is 2.84. The predicted octanol–water partition coefficient (Wildman–Crippen LogP) is 3.77. The van der Waals surface area contributed by atoms with Crippen LogP contribution in [-0.4, -0.2) is 34.4 Å². The largest absolute Gasteiger partial charge is 0.508 e. The molecule has 0 saturated carbocycles. The third kappa shape index (κ3) is 8.42. The topological polar surface area (TPSA) is 84.9 Å². The molecule has 0 fully saturated rings. The molecule has 0 radical (unpaired) electrons. The number of halogens is 1. The van der Waals surface area contributed by atoms with Gasteiger partial charge in [-0.25, -0.2) is 9.59 Å². The summed E-state index contributed by atoms with van der Waals surface area (Å²) in [5.74, 6) is -0.465. The van der Waals surface area contributed by atoms with Gasteiger partial charge in [0.05, 0.1) is 0 Å². The first kappa shape index (κ1) is 21.5. The van der Waals surface area contributed by atoms with Crippen molar-refractivity contribution >= 4 is 34.7 Å². The average Bonchev–Trinajstić information content (AvgIpc) is 2.38. The number of phenols is 1. The van der Waals surface area contributed by atoms with E-state index in [9.17, 15) is 14.7 Å². The van der Waals surface area contributed by atoms with E-state index in [4.69, 9.17) is 9.47 Å². The molecule has 1 rings (SSSR count). The van der Waals surface area contributed by atoms with Gasteiger partial charge in [-0.1, -0.05) is 0 Å². The van der Waals surface area contributed by atoms with Crippen molar-refractivity contribution in [2.45, 2.75) is 65.2 Å². The maximum Gasteiger partial charge on any atom is 0.408 e. The first-order chi connectivity index (χ1) is 11.3. The molecule has 140 valence electrons.